The molecule has 0 heterocycles. The van der Waals surface area contributed by atoms with Gasteiger partial charge < -0.3 is 5.11 Å². The number of nitro benzene ring substituents is 1. The van der Waals surface area contributed by atoms with Crippen LogP contribution in [0.3, 0.4) is 0 Å². The number of hydrogen-bond acceptors (Lipinski definition) is 4. The molecule has 20 heavy (non-hydrogen) atoms. The van der Waals surface area contributed by atoms with Crippen LogP contribution in [0.2, 0.25) is 5.02 Å². The normalized spacial score (nSPS) is 15.9. The van der Waals surface area contributed by atoms with Crippen molar-refractivity contribution < 1.29 is 19.2 Å². The second kappa shape index (κ2) is 5.57. The first-order valence-electron chi connectivity index (χ1n) is 5.81. The highest BCUT2D eigenvalue weighted by Gasteiger charge is 2.44. The topological polar surface area (TPSA) is 80.4 Å². The van der Waals surface area contributed by atoms with Gasteiger partial charge in [0.1, 0.15) is 5.82 Å². The van der Waals surface area contributed by atoms with Crippen molar-refractivity contribution in [2.24, 2.45) is 5.41 Å². The molecule has 0 saturated heterocycles. The van der Waals surface area contributed by atoms with Crippen molar-refractivity contribution >= 4 is 35.0 Å². The zero-order valence-corrected chi connectivity index (χ0v) is 11.8. The van der Waals surface area contributed by atoms with Crippen LogP contribution in [0.4, 0.5) is 10.1 Å². The van der Waals surface area contributed by atoms with Crippen molar-refractivity contribution in [1.82, 2.24) is 0 Å². The third-order valence-corrected chi connectivity index (χ3v) is 4.90. The zero-order chi connectivity index (χ0) is 14.9. The molecular formula is C12H11ClFNO4S. The summed E-state index contributed by atoms with van der Waals surface area (Å²) in [5.41, 5.74) is -0.645. The molecule has 1 aromatic carbocycles. The van der Waals surface area contributed by atoms with E-state index in [9.17, 15) is 19.3 Å². The van der Waals surface area contributed by atoms with E-state index in [0.717, 1.165) is 30.7 Å². The standard InChI is InChI=1S/C12H11ClFNO4S/c13-7-3-10(9(15(18)19)4-8(7)14)20-6-12(1-2-12)5-11(16)17/h3-4H,1-2,5-6H2,(H,16,17). The summed E-state index contributed by atoms with van der Waals surface area (Å²) >= 11 is 6.79. The number of hydrogen-bond donors (Lipinski definition) is 1. The lowest BCUT2D eigenvalue weighted by atomic mass is 10.1. The van der Waals surface area contributed by atoms with Crippen molar-refractivity contribution in [3.05, 3.63) is 33.1 Å². The van der Waals surface area contributed by atoms with Gasteiger partial charge in [-0.1, -0.05) is 11.6 Å². The summed E-state index contributed by atoms with van der Waals surface area (Å²) in [7, 11) is 0. The van der Waals surface area contributed by atoms with Gasteiger partial charge in [-0.3, -0.25) is 14.9 Å². The lowest BCUT2D eigenvalue weighted by molar-refractivity contribution is -0.387. The van der Waals surface area contributed by atoms with E-state index < -0.39 is 16.7 Å². The molecule has 1 fully saturated rings. The van der Waals surface area contributed by atoms with Crippen molar-refractivity contribution in [3.8, 4) is 0 Å². The van der Waals surface area contributed by atoms with Crippen molar-refractivity contribution in [2.45, 2.75) is 24.2 Å². The first-order valence-corrected chi connectivity index (χ1v) is 7.17. The van der Waals surface area contributed by atoms with Gasteiger partial charge in [0.05, 0.1) is 27.3 Å². The maximum absolute atomic E-state index is 13.3. The molecule has 0 unspecified atom stereocenters. The van der Waals surface area contributed by atoms with Gasteiger partial charge >= 0.3 is 5.97 Å². The van der Waals surface area contributed by atoms with Crippen LogP contribution in [0, 0.1) is 21.3 Å². The summed E-state index contributed by atoms with van der Waals surface area (Å²) in [6, 6.07) is 2.01. The zero-order valence-electron chi connectivity index (χ0n) is 10.3. The van der Waals surface area contributed by atoms with Gasteiger partial charge in [-0.25, -0.2) is 4.39 Å². The number of thioether (sulfide) groups is 1. The fourth-order valence-electron chi connectivity index (χ4n) is 1.88. The Balaban J connectivity index is 2.15. The monoisotopic (exact) mass is 319 g/mol. The van der Waals surface area contributed by atoms with Crippen LogP contribution in [0.5, 0.6) is 0 Å². The molecule has 2 rings (SSSR count). The Morgan fingerprint density at radius 3 is 2.70 bits per heavy atom. The number of carboxylic acids is 1. The molecule has 5 nitrogen and oxygen atoms in total. The molecule has 0 amide bonds. The Hall–Kier alpha value is -1.34. The van der Waals surface area contributed by atoms with Gasteiger partial charge in [-0.15, -0.1) is 11.8 Å². The number of rotatable bonds is 6. The molecule has 108 valence electrons. The maximum Gasteiger partial charge on any atom is 0.303 e. The number of nitro groups is 1. The molecule has 1 aliphatic carbocycles. The average molecular weight is 320 g/mol. The predicted octanol–water partition coefficient (Wildman–Crippen LogP) is 3.73. The summed E-state index contributed by atoms with van der Waals surface area (Å²) < 4.78 is 13.3. The van der Waals surface area contributed by atoms with E-state index >= 15 is 0 Å². The molecule has 0 aliphatic heterocycles. The summed E-state index contributed by atoms with van der Waals surface area (Å²) in [5, 5.41) is 19.5. The fraction of sp³-hybridized carbons (Fsp3) is 0.417. The molecule has 1 N–H and O–H groups in total. The van der Waals surface area contributed by atoms with Gasteiger partial charge in [0.15, 0.2) is 0 Å². The van der Waals surface area contributed by atoms with Crippen LogP contribution in [0.15, 0.2) is 17.0 Å². The largest absolute Gasteiger partial charge is 0.481 e. The minimum atomic E-state index is -0.880. The number of carbonyl (C=O) groups is 1. The lowest BCUT2D eigenvalue weighted by Gasteiger charge is -2.12. The van der Waals surface area contributed by atoms with E-state index in [0.29, 0.717) is 5.75 Å². The highest BCUT2D eigenvalue weighted by Crippen LogP contribution is 2.52. The molecule has 0 bridgehead atoms. The molecular weight excluding hydrogens is 309 g/mol. The third kappa shape index (κ3) is 3.40. The van der Waals surface area contributed by atoms with Gasteiger partial charge in [-0.05, 0) is 24.3 Å². The quantitative estimate of drug-likeness (QED) is 0.491. The Kier molecular flexibility index (Phi) is 4.19. The van der Waals surface area contributed by atoms with Gasteiger partial charge in [0.25, 0.3) is 5.69 Å². The summed E-state index contributed by atoms with van der Waals surface area (Å²) in [6.07, 6.45) is 1.62. The summed E-state index contributed by atoms with van der Waals surface area (Å²) in [5.74, 6) is -1.27. The molecule has 1 saturated carbocycles. The first-order chi connectivity index (χ1) is 9.33. The average Bonchev–Trinajstić information content (AvgIpc) is 3.09. The van der Waals surface area contributed by atoms with Crippen LogP contribution >= 0.6 is 23.4 Å². The van der Waals surface area contributed by atoms with Gasteiger partial charge in [-0.2, -0.15) is 0 Å². The number of benzene rings is 1. The molecule has 8 heteroatoms. The number of halogens is 2. The van der Waals surface area contributed by atoms with E-state index in [1.54, 1.807) is 0 Å². The highest BCUT2D eigenvalue weighted by molar-refractivity contribution is 7.99. The van der Waals surface area contributed by atoms with Gasteiger partial charge in [0, 0.05) is 5.75 Å². The van der Waals surface area contributed by atoms with Crippen molar-refractivity contribution in [1.29, 1.82) is 0 Å². The number of carboxylic acid groups (broad SMARTS) is 1. The Labute approximate surface area is 123 Å². The molecule has 0 atom stereocenters. The van der Waals surface area contributed by atoms with E-state index in [-0.39, 0.29) is 27.4 Å². The predicted molar refractivity (Wildman–Crippen MR) is 72.7 cm³/mol. The molecule has 1 aromatic rings. The summed E-state index contributed by atoms with van der Waals surface area (Å²) in [4.78, 5) is 21.2. The van der Waals surface area contributed by atoms with E-state index in [1.807, 2.05) is 0 Å². The fourth-order valence-corrected chi connectivity index (χ4v) is 3.44. The SMILES string of the molecule is O=C(O)CC1(CSc2cc(Cl)c(F)cc2[N+](=O)[O-])CC1. The molecule has 1 aliphatic rings. The van der Waals surface area contributed by atoms with Crippen molar-refractivity contribution in [3.63, 3.8) is 0 Å². The summed E-state index contributed by atoms with van der Waals surface area (Å²) in [6.45, 7) is 0. The third-order valence-electron chi connectivity index (χ3n) is 3.22. The number of nitrogens with zero attached hydrogens (tertiary/aromatic N) is 1. The Morgan fingerprint density at radius 2 is 2.20 bits per heavy atom. The van der Waals surface area contributed by atoms with E-state index in [4.69, 9.17) is 16.7 Å². The Morgan fingerprint density at radius 1 is 1.55 bits per heavy atom. The number of aliphatic carboxylic acids is 1. The maximum atomic E-state index is 13.3. The second-order valence-electron chi connectivity index (χ2n) is 4.85. The minimum Gasteiger partial charge on any atom is -0.481 e. The molecule has 0 aromatic heterocycles. The second-order valence-corrected chi connectivity index (χ2v) is 6.27. The molecule has 0 radical (unpaired) electrons. The van der Waals surface area contributed by atoms with E-state index in [2.05, 4.69) is 0 Å². The smallest absolute Gasteiger partial charge is 0.303 e. The van der Waals surface area contributed by atoms with Gasteiger partial charge in [0.2, 0.25) is 0 Å². The van der Waals surface area contributed by atoms with E-state index in [1.165, 1.54) is 6.07 Å². The minimum absolute atomic E-state index is 0.0444. The van der Waals surface area contributed by atoms with Crippen LogP contribution in [-0.4, -0.2) is 21.8 Å². The van der Waals surface area contributed by atoms with Crippen LogP contribution in [-0.2, 0) is 4.79 Å². The molecule has 0 spiro atoms. The Bertz CT molecular complexity index is 577. The first kappa shape index (κ1) is 15.1. The van der Waals surface area contributed by atoms with Crippen LogP contribution in [0.1, 0.15) is 19.3 Å². The highest BCUT2D eigenvalue weighted by atomic mass is 35.5. The van der Waals surface area contributed by atoms with Crippen molar-refractivity contribution in [2.75, 3.05) is 5.75 Å². The lowest BCUT2D eigenvalue weighted by Crippen LogP contribution is -2.11. The van der Waals surface area contributed by atoms with Crippen LogP contribution < -0.4 is 0 Å². The van der Waals surface area contributed by atoms with Crippen LogP contribution in [0.25, 0.3) is 0 Å².